The molecule has 1 saturated carbocycles. The molecule has 1 fully saturated rings. The molecule has 1 atom stereocenters. The number of anilines is 1. The normalized spacial score (nSPS) is 16.2. The molecule has 2 heterocycles. The summed E-state index contributed by atoms with van der Waals surface area (Å²) in [5.74, 6) is 0.442. The van der Waals surface area contributed by atoms with E-state index >= 15 is 0 Å². The molecule has 4 rings (SSSR count). The summed E-state index contributed by atoms with van der Waals surface area (Å²) in [6.07, 6.45) is 6.20. The number of aryl methyl sites for hydroxylation is 1. The summed E-state index contributed by atoms with van der Waals surface area (Å²) in [4.78, 5) is 17.3. The molecule has 1 amide bonds. The zero-order valence-electron chi connectivity index (χ0n) is 16.1. The highest BCUT2D eigenvalue weighted by atomic mass is 32.2. The lowest BCUT2D eigenvalue weighted by atomic mass is 9.90. The number of aromatic nitrogens is 3. The number of pyridine rings is 1. The Morgan fingerprint density at radius 1 is 1.21 bits per heavy atom. The Morgan fingerprint density at radius 3 is 2.82 bits per heavy atom. The molecule has 7 heteroatoms. The third-order valence-corrected chi connectivity index (χ3v) is 7.21. The first-order valence-corrected chi connectivity index (χ1v) is 11.5. The Morgan fingerprint density at radius 2 is 2.00 bits per heavy atom. The number of benzene rings is 1. The molecule has 1 aliphatic carbocycles. The highest BCUT2D eigenvalue weighted by Gasteiger charge is 2.22. The fourth-order valence-electron chi connectivity index (χ4n) is 3.62. The predicted octanol–water partition coefficient (Wildman–Crippen LogP) is 5.56. The molecule has 0 bridgehead atoms. The highest BCUT2D eigenvalue weighted by molar-refractivity contribution is 8.00. The molecule has 146 valence electrons. The Kier molecular flexibility index (Phi) is 5.92. The number of nitrogens with zero attached hydrogens (tertiary/aromatic N) is 3. The minimum atomic E-state index is -0.268. The second kappa shape index (κ2) is 8.57. The summed E-state index contributed by atoms with van der Waals surface area (Å²) in [5, 5.41) is 14.8. The molecule has 5 nitrogen and oxygen atoms in total. The molecule has 0 saturated heterocycles. The van der Waals surface area contributed by atoms with Gasteiger partial charge in [0.25, 0.3) is 0 Å². The van der Waals surface area contributed by atoms with E-state index in [0.717, 1.165) is 20.9 Å². The topological polar surface area (TPSA) is 67.8 Å². The van der Waals surface area contributed by atoms with Crippen molar-refractivity contribution >= 4 is 45.0 Å². The summed E-state index contributed by atoms with van der Waals surface area (Å²) < 4.78 is 0. The van der Waals surface area contributed by atoms with E-state index in [4.69, 9.17) is 0 Å². The average molecular weight is 413 g/mol. The van der Waals surface area contributed by atoms with Crippen LogP contribution in [0.2, 0.25) is 0 Å². The molecule has 0 radical (unpaired) electrons. The second-order valence-electron chi connectivity index (χ2n) is 7.32. The number of carbonyl (C=O) groups excluding carboxylic acids is 1. The number of hydrogen-bond donors (Lipinski definition) is 1. The van der Waals surface area contributed by atoms with Crippen LogP contribution < -0.4 is 5.32 Å². The Bertz CT molecular complexity index is 981. The van der Waals surface area contributed by atoms with E-state index in [1.54, 1.807) is 0 Å². The third kappa shape index (κ3) is 4.36. The summed E-state index contributed by atoms with van der Waals surface area (Å²) in [7, 11) is 0. The fraction of sp³-hybridized carbons (Fsp3) is 0.429. The van der Waals surface area contributed by atoms with Gasteiger partial charge in [-0.3, -0.25) is 10.1 Å². The fourth-order valence-corrected chi connectivity index (χ4v) is 5.46. The lowest BCUT2D eigenvalue weighted by Gasteiger charge is -2.18. The van der Waals surface area contributed by atoms with Crippen LogP contribution in [-0.4, -0.2) is 26.3 Å². The van der Waals surface area contributed by atoms with Crippen molar-refractivity contribution in [1.29, 1.82) is 0 Å². The van der Waals surface area contributed by atoms with Crippen LogP contribution >= 0.6 is 23.1 Å². The number of rotatable bonds is 5. The monoisotopic (exact) mass is 412 g/mol. The molecule has 0 aliphatic heterocycles. The van der Waals surface area contributed by atoms with E-state index in [0.29, 0.717) is 11.0 Å². The maximum atomic E-state index is 12.6. The van der Waals surface area contributed by atoms with Crippen LogP contribution in [0.5, 0.6) is 0 Å². The van der Waals surface area contributed by atoms with Gasteiger partial charge in [-0.05, 0) is 44.4 Å². The van der Waals surface area contributed by atoms with E-state index in [-0.39, 0.29) is 11.2 Å². The van der Waals surface area contributed by atoms with Gasteiger partial charge in [0.1, 0.15) is 5.01 Å². The minimum Gasteiger partial charge on any atom is -0.300 e. The quantitative estimate of drug-likeness (QED) is 0.556. The van der Waals surface area contributed by atoms with Gasteiger partial charge in [0, 0.05) is 11.3 Å². The van der Waals surface area contributed by atoms with Crippen LogP contribution in [0.25, 0.3) is 10.9 Å². The van der Waals surface area contributed by atoms with Gasteiger partial charge in [0.2, 0.25) is 11.0 Å². The summed E-state index contributed by atoms with van der Waals surface area (Å²) in [5.41, 5.74) is 2.13. The number of amides is 1. The SMILES string of the molecule is Cc1cc(SC(C)C(=O)Nc2nnc(C3CCCCC3)s2)nc2ccccc12. The molecule has 1 aliphatic rings. The molecule has 1 unspecified atom stereocenters. The van der Waals surface area contributed by atoms with Crippen molar-refractivity contribution in [3.8, 4) is 0 Å². The van der Waals surface area contributed by atoms with Crippen molar-refractivity contribution in [1.82, 2.24) is 15.2 Å². The summed E-state index contributed by atoms with van der Waals surface area (Å²) >= 11 is 2.98. The molecule has 28 heavy (non-hydrogen) atoms. The zero-order valence-corrected chi connectivity index (χ0v) is 17.8. The standard InChI is InChI=1S/C21H24N4OS2/c1-13-12-18(22-17-11-7-6-10-16(13)17)27-14(2)19(26)23-21-25-24-20(28-21)15-8-4-3-5-9-15/h6-7,10-12,14-15H,3-5,8-9H2,1-2H3,(H,23,25,26). The molecular weight excluding hydrogens is 388 g/mol. The number of carbonyl (C=O) groups is 1. The lowest BCUT2D eigenvalue weighted by Crippen LogP contribution is -2.22. The van der Waals surface area contributed by atoms with Gasteiger partial charge < -0.3 is 0 Å². The van der Waals surface area contributed by atoms with Crippen LogP contribution in [0, 0.1) is 6.92 Å². The van der Waals surface area contributed by atoms with Crippen molar-refractivity contribution in [2.75, 3.05) is 5.32 Å². The van der Waals surface area contributed by atoms with Gasteiger partial charge in [-0.15, -0.1) is 10.2 Å². The van der Waals surface area contributed by atoms with Crippen LogP contribution in [0.15, 0.2) is 35.4 Å². The van der Waals surface area contributed by atoms with E-state index in [9.17, 15) is 4.79 Å². The predicted molar refractivity (Wildman–Crippen MR) is 116 cm³/mol. The van der Waals surface area contributed by atoms with Crippen molar-refractivity contribution < 1.29 is 4.79 Å². The van der Waals surface area contributed by atoms with Crippen molar-refractivity contribution in [3.63, 3.8) is 0 Å². The van der Waals surface area contributed by atoms with Crippen molar-refractivity contribution in [2.45, 2.75) is 62.1 Å². The number of nitrogens with one attached hydrogen (secondary N) is 1. The van der Waals surface area contributed by atoms with E-state index in [1.165, 1.54) is 60.8 Å². The first kappa shape index (κ1) is 19.3. The lowest BCUT2D eigenvalue weighted by molar-refractivity contribution is -0.115. The maximum absolute atomic E-state index is 12.6. The van der Waals surface area contributed by atoms with Crippen LogP contribution in [0.1, 0.15) is 55.5 Å². The molecule has 1 N–H and O–H groups in total. The zero-order chi connectivity index (χ0) is 19.5. The van der Waals surface area contributed by atoms with Crippen molar-refractivity contribution in [3.05, 3.63) is 40.9 Å². The van der Waals surface area contributed by atoms with Crippen LogP contribution in [0.4, 0.5) is 5.13 Å². The summed E-state index contributed by atoms with van der Waals surface area (Å²) in [6.45, 7) is 3.97. The van der Waals surface area contributed by atoms with Gasteiger partial charge in [-0.25, -0.2) is 4.98 Å². The second-order valence-corrected chi connectivity index (χ2v) is 9.69. The minimum absolute atomic E-state index is 0.0658. The van der Waals surface area contributed by atoms with E-state index in [1.807, 2.05) is 31.2 Å². The van der Waals surface area contributed by atoms with E-state index < -0.39 is 0 Å². The molecule has 1 aromatic carbocycles. The largest absolute Gasteiger partial charge is 0.300 e. The van der Waals surface area contributed by atoms with E-state index in [2.05, 4.69) is 33.5 Å². The Balaban J connectivity index is 1.40. The Labute approximate surface area is 173 Å². The highest BCUT2D eigenvalue weighted by Crippen LogP contribution is 2.35. The van der Waals surface area contributed by atoms with Gasteiger partial charge >= 0.3 is 0 Å². The average Bonchev–Trinajstić information content (AvgIpc) is 3.17. The number of hydrogen-bond acceptors (Lipinski definition) is 6. The van der Waals surface area contributed by atoms with Gasteiger partial charge in [-0.1, -0.05) is 60.6 Å². The Hall–Kier alpha value is -1.99. The third-order valence-electron chi connectivity index (χ3n) is 5.19. The number of para-hydroxylation sites is 1. The first-order valence-electron chi connectivity index (χ1n) is 9.77. The summed E-state index contributed by atoms with van der Waals surface area (Å²) in [6, 6.07) is 10.1. The number of fused-ring (bicyclic) bond motifs is 1. The molecular formula is C21H24N4OS2. The van der Waals surface area contributed by atoms with Gasteiger partial charge in [-0.2, -0.15) is 0 Å². The number of thioether (sulfide) groups is 1. The van der Waals surface area contributed by atoms with Crippen molar-refractivity contribution in [2.24, 2.45) is 0 Å². The maximum Gasteiger partial charge on any atom is 0.239 e. The molecule has 0 spiro atoms. The molecule has 2 aromatic heterocycles. The first-order chi connectivity index (χ1) is 13.6. The van der Waals surface area contributed by atoms with Gasteiger partial charge in [0.05, 0.1) is 15.8 Å². The van der Waals surface area contributed by atoms with Gasteiger partial charge in [0.15, 0.2) is 0 Å². The smallest absolute Gasteiger partial charge is 0.239 e. The van der Waals surface area contributed by atoms with Crippen LogP contribution in [0.3, 0.4) is 0 Å². The molecule has 3 aromatic rings. The van der Waals surface area contributed by atoms with Crippen LogP contribution in [-0.2, 0) is 4.79 Å².